The molecule has 1 unspecified atom stereocenters. The minimum Gasteiger partial charge on any atom is -0.480 e. The fourth-order valence-electron chi connectivity index (χ4n) is 2.18. The third-order valence-corrected chi connectivity index (χ3v) is 3.28. The summed E-state index contributed by atoms with van der Waals surface area (Å²) in [5.41, 5.74) is -1.30. The average molecular weight is 252 g/mol. The number of nitrogens with zero attached hydrogens (tertiary/aromatic N) is 2. The lowest BCUT2D eigenvalue weighted by Gasteiger charge is -2.30. The molecule has 0 bridgehead atoms. The van der Waals surface area contributed by atoms with Gasteiger partial charge in [0.25, 0.3) is 5.91 Å². The van der Waals surface area contributed by atoms with Gasteiger partial charge < -0.3 is 10.0 Å². The summed E-state index contributed by atoms with van der Waals surface area (Å²) in [6.07, 6.45) is 1.01. The van der Waals surface area contributed by atoms with Crippen molar-refractivity contribution in [3.05, 3.63) is 29.8 Å². The quantitative estimate of drug-likeness (QED) is 0.805. The van der Waals surface area contributed by atoms with Gasteiger partial charge in [0.15, 0.2) is 0 Å². The average Bonchev–Trinajstić information content (AvgIpc) is 2.72. The van der Waals surface area contributed by atoms with Gasteiger partial charge >= 0.3 is 5.97 Å². The van der Waals surface area contributed by atoms with Crippen molar-refractivity contribution in [1.29, 1.82) is 0 Å². The summed E-state index contributed by atoms with van der Waals surface area (Å²) >= 11 is 0. The maximum absolute atomic E-state index is 13.0. The SMILES string of the molecule is CC1(C(=O)O)CCCN1C(=O)c1cccc(F)n1. The van der Waals surface area contributed by atoms with Gasteiger partial charge in [-0.2, -0.15) is 4.39 Å². The lowest BCUT2D eigenvalue weighted by Crippen LogP contribution is -2.51. The Hall–Kier alpha value is -1.98. The lowest BCUT2D eigenvalue weighted by atomic mass is 9.99. The molecule has 5 nitrogen and oxygen atoms in total. The van der Waals surface area contributed by atoms with E-state index in [1.165, 1.54) is 24.0 Å². The van der Waals surface area contributed by atoms with Gasteiger partial charge in [-0.1, -0.05) is 6.07 Å². The molecule has 96 valence electrons. The van der Waals surface area contributed by atoms with Gasteiger partial charge in [-0.15, -0.1) is 0 Å². The smallest absolute Gasteiger partial charge is 0.329 e. The van der Waals surface area contributed by atoms with E-state index < -0.39 is 23.4 Å². The highest BCUT2D eigenvalue weighted by Crippen LogP contribution is 2.30. The minimum atomic E-state index is -1.23. The van der Waals surface area contributed by atoms with E-state index in [0.29, 0.717) is 19.4 Å². The second-order valence-corrected chi connectivity index (χ2v) is 4.48. The Morgan fingerprint density at radius 1 is 1.50 bits per heavy atom. The third kappa shape index (κ3) is 1.94. The number of aromatic nitrogens is 1. The summed E-state index contributed by atoms with van der Waals surface area (Å²) in [5.74, 6) is -2.35. The molecule has 2 rings (SSSR count). The van der Waals surface area contributed by atoms with Crippen LogP contribution in [0.3, 0.4) is 0 Å². The number of carboxylic acids is 1. The molecule has 2 heterocycles. The highest BCUT2D eigenvalue weighted by Gasteiger charge is 2.46. The molecule has 6 heteroatoms. The summed E-state index contributed by atoms with van der Waals surface area (Å²) in [5, 5.41) is 9.20. The molecular formula is C12H13FN2O3. The molecule has 18 heavy (non-hydrogen) atoms. The Morgan fingerprint density at radius 2 is 2.22 bits per heavy atom. The normalized spacial score (nSPS) is 23.1. The summed E-state index contributed by atoms with van der Waals surface area (Å²) in [4.78, 5) is 28.1. The van der Waals surface area contributed by atoms with E-state index >= 15 is 0 Å². The van der Waals surface area contributed by atoms with E-state index in [1.807, 2.05) is 0 Å². The maximum atomic E-state index is 13.0. The zero-order valence-corrected chi connectivity index (χ0v) is 9.89. The first-order chi connectivity index (χ1) is 8.45. The molecule has 1 N–H and O–H groups in total. The van der Waals surface area contributed by atoms with E-state index in [2.05, 4.69) is 4.98 Å². The molecular weight excluding hydrogens is 239 g/mol. The van der Waals surface area contributed by atoms with E-state index in [1.54, 1.807) is 0 Å². The number of likely N-dealkylation sites (tertiary alicyclic amines) is 1. The van der Waals surface area contributed by atoms with Gasteiger partial charge in [0, 0.05) is 6.54 Å². The van der Waals surface area contributed by atoms with Crippen molar-refractivity contribution < 1.29 is 19.1 Å². The first-order valence-electron chi connectivity index (χ1n) is 5.63. The molecule has 1 saturated heterocycles. The van der Waals surface area contributed by atoms with Gasteiger partial charge in [0.05, 0.1) is 0 Å². The Kier molecular flexibility index (Phi) is 3.02. The van der Waals surface area contributed by atoms with E-state index in [4.69, 9.17) is 0 Å². The van der Waals surface area contributed by atoms with Crippen molar-refractivity contribution in [3.63, 3.8) is 0 Å². The number of halogens is 1. The molecule has 0 spiro atoms. The number of aliphatic carboxylic acids is 1. The second-order valence-electron chi connectivity index (χ2n) is 4.48. The van der Waals surface area contributed by atoms with Crippen LogP contribution in [0.4, 0.5) is 4.39 Å². The highest BCUT2D eigenvalue weighted by atomic mass is 19.1. The van der Waals surface area contributed by atoms with Crippen LogP contribution >= 0.6 is 0 Å². The molecule has 1 aromatic rings. The molecule has 0 saturated carbocycles. The molecule has 0 aliphatic carbocycles. The van der Waals surface area contributed by atoms with E-state index in [-0.39, 0.29) is 5.69 Å². The number of carbonyl (C=O) groups excluding carboxylic acids is 1. The second kappa shape index (κ2) is 4.36. The van der Waals surface area contributed by atoms with Crippen LogP contribution in [0, 0.1) is 5.95 Å². The van der Waals surface area contributed by atoms with Crippen molar-refractivity contribution >= 4 is 11.9 Å². The molecule has 1 aliphatic rings. The van der Waals surface area contributed by atoms with Crippen molar-refractivity contribution in [1.82, 2.24) is 9.88 Å². The molecule has 1 atom stereocenters. The number of hydrogen-bond donors (Lipinski definition) is 1. The third-order valence-electron chi connectivity index (χ3n) is 3.28. The zero-order valence-electron chi connectivity index (χ0n) is 9.89. The molecule has 1 fully saturated rings. The van der Waals surface area contributed by atoms with Gasteiger partial charge in [-0.3, -0.25) is 4.79 Å². The van der Waals surface area contributed by atoms with Crippen LogP contribution < -0.4 is 0 Å². The Morgan fingerprint density at radius 3 is 2.83 bits per heavy atom. The van der Waals surface area contributed by atoms with Crippen molar-refractivity contribution in [3.8, 4) is 0 Å². The summed E-state index contributed by atoms with van der Waals surface area (Å²) < 4.78 is 13.0. The van der Waals surface area contributed by atoms with E-state index in [0.717, 1.165) is 6.07 Å². The van der Waals surface area contributed by atoms with Gasteiger partial charge in [-0.05, 0) is 31.9 Å². The van der Waals surface area contributed by atoms with Gasteiger partial charge in [-0.25, -0.2) is 9.78 Å². The fourth-order valence-corrected chi connectivity index (χ4v) is 2.18. The Labute approximate surface area is 103 Å². The van der Waals surface area contributed by atoms with Crippen LogP contribution in [-0.4, -0.2) is 39.0 Å². The number of amides is 1. The largest absolute Gasteiger partial charge is 0.480 e. The summed E-state index contributed by atoms with van der Waals surface area (Å²) in [7, 11) is 0. The van der Waals surface area contributed by atoms with Gasteiger partial charge in [0.1, 0.15) is 11.2 Å². The first kappa shape index (κ1) is 12.5. The van der Waals surface area contributed by atoms with Crippen LogP contribution in [-0.2, 0) is 4.79 Å². The summed E-state index contributed by atoms with van der Waals surface area (Å²) in [6, 6.07) is 3.90. The molecule has 1 aliphatic heterocycles. The minimum absolute atomic E-state index is 0.0654. The standard InChI is InChI=1S/C12H13FN2O3/c1-12(11(17)18)6-3-7-15(12)10(16)8-4-2-5-9(13)14-8/h2,4-5H,3,6-7H2,1H3,(H,17,18). The van der Waals surface area contributed by atoms with Crippen LogP contribution in [0.25, 0.3) is 0 Å². The number of hydrogen-bond acceptors (Lipinski definition) is 3. The molecule has 0 aromatic carbocycles. The number of carbonyl (C=O) groups is 2. The van der Waals surface area contributed by atoms with Crippen molar-refractivity contribution in [2.75, 3.05) is 6.54 Å². The van der Waals surface area contributed by atoms with Crippen LogP contribution in [0.2, 0.25) is 0 Å². The fraction of sp³-hybridized carbons (Fsp3) is 0.417. The molecule has 1 amide bonds. The van der Waals surface area contributed by atoms with Crippen LogP contribution in [0.5, 0.6) is 0 Å². The van der Waals surface area contributed by atoms with Crippen LogP contribution in [0.15, 0.2) is 18.2 Å². The number of carboxylic acid groups (broad SMARTS) is 1. The topological polar surface area (TPSA) is 70.5 Å². The zero-order chi connectivity index (χ0) is 13.3. The van der Waals surface area contributed by atoms with E-state index in [9.17, 15) is 19.1 Å². The molecule has 1 aromatic heterocycles. The number of rotatable bonds is 2. The maximum Gasteiger partial charge on any atom is 0.329 e. The van der Waals surface area contributed by atoms with Crippen LogP contribution in [0.1, 0.15) is 30.3 Å². The monoisotopic (exact) mass is 252 g/mol. The van der Waals surface area contributed by atoms with Gasteiger partial charge in [0.2, 0.25) is 5.95 Å². The summed E-state index contributed by atoms with van der Waals surface area (Å²) in [6.45, 7) is 1.85. The highest BCUT2D eigenvalue weighted by molar-refractivity contribution is 5.96. The van der Waals surface area contributed by atoms with Crippen molar-refractivity contribution in [2.24, 2.45) is 0 Å². The predicted molar refractivity (Wildman–Crippen MR) is 60.5 cm³/mol. The number of pyridine rings is 1. The molecule has 0 radical (unpaired) electrons. The first-order valence-corrected chi connectivity index (χ1v) is 5.63. The Balaban J connectivity index is 2.32. The lowest BCUT2D eigenvalue weighted by molar-refractivity contribution is -0.147. The van der Waals surface area contributed by atoms with Crippen molar-refractivity contribution in [2.45, 2.75) is 25.3 Å². The predicted octanol–water partition coefficient (Wildman–Crippen LogP) is 1.30. The Bertz CT molecular complexity index is 506.